The molecule has 4 nitrogen and oxygen atoms in total. The number of halogens is 1. The lowest BCUT2D eigenvalue weighted by Gasteiger charge is -2.05. The fourth-order valence-corrected chi connectivity index (χ4v) is 3.29. The van der Waals surface area contributed by atoms with E-state index in [4.69, 9.17) is 10.5 Å². The molecule has 0 spiro atoms. The first-order valence-electron chi connectivity index (χ1n) is 6.14. The van der Waals surface area contributed by atoms with Crippen molar-refractivity contribution in [1.29, 1.82) is 0 Å². The highest BCUT2D eigenvalue weighted by atomic mass is 79.9. The first kappa shape index (κ1) is 15.0. The van der Waals surface area contributed by atoms with Gasteiger partial charge in [0.2, 0.25) is 0 Å². The highest BCUT2D eigenvalue weighted by molar-refractivity contribution is 9.10. The predicted molar refractivity (Wildman–Crippen MR) is 85.1 cm³/mol. The summed E-state index contributed by atoms with van der Waals surface area (Å²) in [7, 11) is 0. The number of carbonyl (C=O) groups is 1. The number of rotatable bonds is 3. The Morgan fingerprint density at radius 1 is 1.45 bits per heavy atom. The van der Waals surface area contributed by atoms with Crippen molar-refractivity contribution in [2.75, 3.05) is 12.3 Å². The minimum absolute atomic E-state index is 0.319. The Bertz CT molecular complexity index is 644. The topological polar surface area (TPSA) is 65.2 Å². The summed E-state index contributed by atoms with van der Waals surface area (Å²) >= 11 is 4.77. The molecule has 1 heterocycles. The molecule has 0 saturated carbocycles. The van der Waals surface area contributed by atoms with Crippen LogP contribution >= 0.6 is 27.3 Å². The van der Waals surface area contributed by atoms with Crippen molar-refractivity contribution in [3.63, 3.8) is 0 Å². The SMILES string of the molecule is CCOC(=O)c1sc(-c2cc(C)c(N)c(Br)c2)nc1C. The van der Waals surface area contributed by atoms with Gasteiger partial charge in [0.25, 0.3) is 0 Å². The van der Waals surface area contributed by atoms with Crippen LogP contribution in [0, 0.1) is 13.8 Å². The van der Waals surface area contributed by atoms with Gasteiger partial charge in [-0.15, -0.1) is 11.3 Å². The van der Waals surface area contributed by atoms with Crippen LogP contribution < -0.4 is 5.73 Å². The molecule has 0 saturated heterocycles. The molecule has 0 unspecified atom stereocenters. The molecule has 0 radical (unpaired) electrons. The summed E-state index contributed by atoms with van der Waals surface area (Å²) in [5.74, 6) is -0.319. The molecule has 2 N–H and O–H groups in total. The fraction of sp³-hybridized carbons (Fsp3) is 0.286. The van der Waals surface area contributed by atoms with E-state index in [9.17, 15) is 4.79 Å². The van der Waals surface area contributed by atoms with Crippen LogP contribution in [0.25, 0.3) is 10.6 Å². The maximum Gasteiger partial charge on any atom is 0.350 e. The number of nitrogens with two attached hydrogens (primary N) is 1. The van der Waals surface area contributed by atoms with Crippen LogP contribution in [0.2, 0.25) is 0 Å². The van der Waals surface area contributed by atoms with Crippen LogP contribution in [0.4, 0.5) is 5.69 Å². The number of anilines is 1. The van der Waals surface area contributed by atoms with E-state index >= 15 is 0 Å². The lowest BCUT2D eigenvalue weighted by atomic mass is 10.1. The van der Waals surface area contributed by atoms with Crippen molar-refractivity contribution >= 4 is 38.9 Å². The van der Waals surface area contributed by atoms with Crippen LogP contribution in [0.3, 0.4) is 0 Å². The standard InChI is InChI=1S/C14H15BrN2O2S/c1-4-19-14(18)12-8(3)17-13(20-12)9-5-7(2)11(16)10(15)6-9/h5-6H,4,16H2,1-3H3. The number of nitrogens with zero attached hydrogens (tertiary/aromatic N) is 1. The van der Waals surface area contributed by atoms with Crippen molar-refractivity contribution in [3.05, 3.63) is 32.7 Å². The van der Waals surface area contributed by atoms with Gasteiger partial charge in [0.15, 0.2) is 0 Å². The minimum Gasteiger partial charge on any atom is -0.462 e. The molecule has 0 bridgehead atoms. The monoisotopic (exact) mass is 354 g/mol. The van der Waals surface area contributed by atoms with Gasteiger partial charge in [-0.05, 0) is 54.4 Å². The number of carbonyl (C=O) groups excluding carboxylic acids is 1. The largest absolute Gasteiger partial charge is 0.462 e. The lowest BCUT2D eigenvalue weighted by molar-refractivity contribution is 0.0531. The summed E-state index contributed by atoms with van der Waals surface area (Å²) in [6.07, 6.45) is 0. The molecule has 2 aromatic rings. The predicted octanol–water partition coefficient (Wildman–Crippen LogP) is 3.95. The van der Waals surface area contributed by atoms with Crippen LogP contribution in [0.15, 0.2) is 16.6 Å². The Morgan fingerprint density at radius 2 is 2.15 bits per heavy atom. The van der Waals surface area contributed by atoms with Gasteiger partial charge in [-0.2, -0.15) is 0 Å². The van der Waals surface area contributed by atoms with Gasteiger partial charge in [-0.3, -0.25) is 0 Å². The Labute approximate surface area is 130 Å². The minimum atomic E-state index is -0.319. The molecule has 6 heteroatoms. The Kier molecular flexibility index (Phi) is 4.45. The van der Waals surface area contributed by atoms with Crippen LogP contribution in [0.5, 0.6) is 0 Å². The molecule has 0 aliphatic carbocycles. The first-order chi connectivity index (χ1) is 9.43. The smallest absolute Gasteiger partial charge is 0.350 e. The molecular formula is C14H15BrN2O2S. The second-order valence-corrected chi connectivity index (χ2v) is 6.20. The Morgan fingerprint density at radius 3 is 2.75 bits per heavy atom. The average Bonchev–Trinajstić information content (AvgIpc) is 2.78. The number of hydrogen-bond acceptors (Lipinski definition) is 5. The summed E-state index contributed by atoms with van der Waals surface area (Å²) in [5, 5.41) is 0.786. The van der Waals surface area contributed by atoms with Crippen LogP contribution in [0.1, 0.15) is 27.9 Å². The molecule has 0 fully saturated rings. The molecule has 0 atom stereocenters. The molecular weight excluding hydrogens is 340 g/mol. The molecule has 106 valence electrons. The number of esters is 1. The van der Waals surface area contributed by atoms with E-state index in [2.05, 4.69) is 20.9 Å². The molecule has 2 rings (SSSR count). The second-order valence-electron chi connectivity index (χ2n) is 4.34. The number of aromatic nitrogens is 1. The van der Waals surface area contributed by atoms with Gasteiger partial charge in [0.1, 0.15) is 9.88 Å². The maximum absolute atomic E-state index is 11.8. The maximum atomic E-state index is 11.8. The molecule has 0 amide bonds. The van der Waals surface area contributed by atoms with Gasteiger partial charge in [0.05, 0.1) is 12.3 Å². The van der Waals surface area contributed by atoms with Crippen molar-refractivity contribution in [3.8, 4) is 10.6 Å². The zero-order valence-corrected chi connectivity index (χ0v) is 13.9. The number of thiazole rings is 1. The lowest BCUT2D eigenvalue weighted by Crippen LogP contribution is -2.03. The second kappa shape index (κ2) is 5.93. The van der Waals surface area contributed by atoms with Crippen LogP contribution in [-0.2, 0) is 4.74 Å². The van der Waals surface area contributed by atoms with Gasteiger partial charge in [-0.1, -0.05) is 0 Å². The number of benzene rings is 1. The summed E-state index contributed by atoms with van der Waals surface area (Å²) in [5.41, 5.74) is 9.23. The summed E-state index contributed by atoms with van der Waals surface area (Å²) in [6.45, 7) is 5.90. The van der Waals surface area contributed by atoms with E-state index in [1.165, 1.54) is 11.3 Å². The van der Waals surface area contributed by atoms with E-state index in [0.717, 1.165) is 20.6 Å². The van der Waals surface area contributed by atoms with E-state index < -0.39 is 0 Å². The van der Waals surface area contributed by atoms with Crippen molar-refractivity contribution in [2.24, 2.45) is 0 Å². The zero-order chi connectivity index (χ0) is 14.9. The summed E-state index contributed by atoms with van der Waals surface area (Å²) in [6, 6.07) is 3.88. The molecule has 1 aromatic heterocycles. The highest BCUT2D eigenvalue weighted by Gasteiger charge is 2.17. The van der Waals surface area contributed by atoms with E-state index in [1.54, 1.807) is 6.92 Å². The van der Waals surface area contributed by atoms with E-state index in [0.29, 0.717) is 22.9 Å². The van der Waals surface area contributed by atoms with Crippen LogP contribution in [-0.4, -0.2) is 17.6 Å². The Balaban J connectivity index is 2.44. The number of ether oxygens (including phenoxy) is 1. The molecule has 0 aliphatic rings. The van der Waals surface area contributed by atoms with E-state index in [1.807, 2.05) is 26.0 Å². The van der Waals surface area contributed by atoms with Crippen molar-refractivity contribution < 1.29 is 9.53 Å². The number of hydrogen-bond donors (Lipinski definition) is 1. The fourth-order valence-electron chi connectivity index (χ4n) is 1.78. The quantitative estimate of drug-likeness (QED) is 0.669. The molecule has 1 aromatic carbocycles. The number of aryl methyl sites for hydroxylation is 2. The molecule has 20 heavy (non-hydrogen) atoms. The third-order valence-electron chi connectivity index (χ3n) is 2.84. The van der Waals surface area contributed by atoms with Gasteiger partial charge < -0.3 is 10.5 Å². The summed E-state index contributed by atoms with van der Waals surface area (Å²) < 4.78 is 5.86. The van der Waals surface area contributed by atoms with Gasteiger partial charge >= 0.3 is 5.97 Å². The third kappa shape index (κ3) is 2.86. The summed E-state index contributed by atoms with van der Waals surface area (Å²) in [4.78, 5) is 16.8. The van der Waals surface area contributed by atoms with Gasteiger partial charge in [0, 0.05) is 15.7 Å². The van der Waals surface area contributed by atoms with Gasteiger partial charge in [-0.25, -0.2) is 9.78 Å². The zero-order valence-electron chi connectivity index (χ0n) is 11.5. The van der Waals surface area contributed by atoms with Crippen molar-refractivity contribution in [2.45, 2.75) is 20.8 Å². The van der Waals surface area contributed by atoms with Crippen molar-refractivity contribution in [1.82, 2.24) is 4.98 Å². The van der Waals surface area contributed by atoms with E-state index in [-0.39, 0.29) is 5.97 Å². The third-order valence-corrected chi connectivity index (χ3v) is 4.68. The average molecular weight is 355 g/mol. The Hall–Kier alpha value is -1.40. The molecule has 0 aliphatic heterocycles. The highest BCUT2D eigenvalue weighted by Crippen LogP contribution is 2.34. The normalized spacial score (nSPS) is 10.6. The number of nitrogen functional groups attached to an aromatic ring is 1. The first-order valence-corrected chi connectivity index (χ1v) is 7.75.